The van der Waals surface area contributed by atoms with E-state index < -0.39 is 0 Å². The first-order valence-corrected chi connectivity index (χ1v) is 7.40. The second kappa shape index (κ2) is 5.19. The number of H-pyrrole nitrogens is 1. The lowest BCUT2D eigenvalue weighted by Gasteiger charge is -2.10. The van der Waals surface area contributed by atoms with Crippen LogP contribution in [0.5, 0.6) is 0 Å². The first-order valence-electron chi connectivity index (χ1n) is 6.61. The predicted molar refractivity (Wildman–Crippen MR) is 83.2 cm³/mol. The van der Waals surface area contributed by atoms with E-state index in [1.807, 2.05) is 0 Å². The molecule has 0 radical (unpaired) electrons. The highest BCUT2D eigenvalue weighted by molar-refractivity contribution is 7.71. The number of nitrogens with one attached hydrogen (secondary N) is 1. The molecule has 2 aromatic rings. The molecule has 1 aliphatic carbocycles. The van der Waals surface area contributed by atoms with E-state index in [9.17, 15) is 0 Å². The van der Waals surface area contributed by atoms with Gasteiger partial charge in [-0.15, -0.1) is 5.10 Å². The molecule has 1 aromatic carbocycles. The van der Waals surface area contributed by atoms with Gasteiger partial charge in [0.1, 0.15) is 0 Å². The fourth-order valence-corrected chi connectivity index (χ4v) is 3.05. The third kappa shape index (κ3) is 2.34. The van der Waals surface area contributed by atoms with Crippen molar-refractivity contribution in [1.82, 2.24) is 10.2 Å². The number of aryl methyl sites for hydroxylation is 3. The van der Waals surface area contributed by atoms with Crippen molar-refractivity contribution in [3.63, 3.8) is 0 Å². The Bertz CT molecular complexity index is 757. The van der Waals surface area contributed by atoms with Crippen molar-refractivity contribution in [2.24, 2.45) is 0 Å². The van der Waals surface area contributed by atoms with Gasteiger partial charge in [-0.05, 0) is 73.6 Å². The van der Waals surface area contributed by atoms with Crippen molar-refractivity contribution >= 4 is 34.4 Å². The monoisotopic (exact) mass is 306 g/mol. The third-order valence-corrected chi connectivity index (χ3v) is 4.40. The van der Waals surface area contributed by atoms with Crippen LogP contribution in [0.15, 0.2) is 16.5 Å². The molecule has 0 bridgehead atoms. The van der Waals surface area contributed by atoms with Crippen LogP contribution in [-0.4, -0.2) is 10.2 Å². The molecule has 1 N–H and O–H groups in total. The number of halogens is 1. The Kier molecular flexibility index (Phi) is 3.52. The van der Waals surface area contributed by atoms with Gasteiger partial charge in [-0.2, -0.15) is 0 Å². The SMILES string of the molecule is Cc1cc2c(cc1C)C(Cl)=C(c1n[nH]c(=S)o1)CCC2. The van der Waals surface area contributed by atoms with E-state index in [0.29, 0.717) is 5.89 Å². The number of hydrogen-bond acceptors (Lipinski definition) is 3. The number of benzene rings is 1. The Morgan fingerprint density at radius 2 is 2.00 bits per heavy atom. The molecule has 1 aromatic heterocycles. The van der Waals surface area contributed by atoms with Crippen molar-refractivity contribution in [3.8, 4) is 0 Å². The molecule has 0 fully saturated rings. The van der Waals surface area contributed by atoms with E-state index in [0.717, 1.165) is 35.4 Å². The standard InChI is InChI=1S/C15H15ClN2OS/c1-8-6-10-4-3-5-11(14-17-18-15(20)19-14)13(16)12(10)7-9(8)2/h6-7H,3-5H2,1-2H3,(H,18,20). The lowest BCUT2D eigenvalue weighted by molar-refractivity contribution is 0.520. The zero-order valence-electron chi connectivity index (χ0n) is 11.4. The largest absolute Gasteiger partial charge is 0.410 e. The van der Waals surface area contributed by atoms with Gasteiger partial charge in [0.2, 0.25) is 5.89 Å². The first kappa shape index (κ1) is 13.6. The van der Waals surface area contributed by atoms with E-state index in [4.69, 9.17) is 28.2 Å². The number of aromatic amines is 1. The van der Waals surface area contributed by atoms with Crippen LogP contribution in [0.1, 0.15) is 41.0 Å². The molecule has 0 atom stereocenters. The molecule has 0 amide bonds. The summed E-state index contributed by atoms with van der Waals surface area (Å²) in [7, 11) is 0. The fraction of sp³-hybridized carbons (Fsp3) is 0.333. The highest BCUT2D eigenvalue weighted by Gasteiger charge is 2.20. The molecular weight excluding hydrogens is 292 g/mol. The van der Waals surface area contributed by atoms with Crippen LogP contribution < -0.4 is 0 Å². The molecule has 0 saturated heterocycles. The second-order valence-corrected chi connectivity index (χ2v) is 5.91. The van der Waals surface area contributed by atoms with Gasteiger partial charge < -0.3 is 4.42 Å². The van der Waals surface area contributed by atoms with Gasteiger partial charge in [-0.1, -0.05) is 17.7 Å². The maximum absolute atomic E-state index is 6.62. The van der Waals surface area contributed by atoms with Crippen molar-refractivity contribution in [2.75, 3.05) is 0 Å². The number of aromatic nitrogens is 2. The highest BCUT2D eigenvalue weighted by Crippen LogP contribution is 2.38. The molecule has 0 spiro atoms. The van der Waals surface area contributed by atoms with Crippen LogP contribution in [-0.2, 0) is 6.42 Å². The van der Waals surface area contributed by atoms with Gasteiger partial charge in [0, 0.05) is 5.57 Å². The predicted octanol–water partition coefficient (Wildman–Crippen LogP) is 4.79. The van der Waals surface area contributed by atoms with Crippen LogP contribution in [0.3, 0.4) is 0 Å². The topological polar surface area (TPSA) is 41.8 Å². The molecule has 5 heteroatoms. The second-order valence-electron chi connectivity index (χ2n) is 5.16. The van der Waals surface area contributed by atoms with Crippen molar-refractivity contribution in [3.05, 3.63) is 45.1 Å². The summed E-state index contributed by atoms with van der Waals surface area (Å²) in [6.45, 7) is 4.23. The third-order valence-electron chi connectivity index (χ3n) is 3.79. The Morgan fingerprint density at radius 3 is 2.70 bits per heavy atom. The van der Waals surface area contributed by atoms with E-state index in [2.05, 4.69) is 36.2 Å². The first-order chi connectivity index (χ1) is 9.56. The number of fused-ring (bicyclic) bond motifs is 1. The number of allylic oxidation sites excluding steroid dienone is 1. The zero-order chi connectivity index (χ0) is 14.3. The van der Waals surface area contributed by atoms with Crippen molar-refractivity contribution in [1.29, 1.82) is 0 Å². The van der Waals surface area contributed by atoms with E-state index in [-0.39, 0.29) is 4.84 Å². The van der Waals surface area contributed by atoms with Crippen LogP contribution in [0, 0.1) is 18.7 Å². The van der Waals surface area contributed by atoms with Crippen LogP contribution in [0.2, 0.25) is 0 Å². The van der Waals surface area contributed by atoms with Crippen molar-refractivity contribution in [2.45, 2.75) is 33.1 Å². The molecule has 1 aliphatic rings. The minimum absolute atomic E-state index is 0.279. The minimum Gasteiger partial charge on any atom is -0.410 e. The van der Waals surface area contributed by atoms with Gasteiger partial charge >= 0.3 is 0 Å². The average Bonchev–Trinajstić information content (AvgIpc) is 2.77. The Labute approximate surface area is 127 Å². The van der Waals surface area contributed by atoms with Crippen LogP contribution >= 0.6 is 23.8 Å². The van der Waals surface area contributed by atoms with Gasteiger partial charge in [-0.3, -0.25) is 0 Å². The van der Waals surface area contributed by atoms with Crippen molar-refractivity contribution < 1.29 is 4.42 Å². The maximum atomic E-state index is 6.62. The average molecular weight is 307 g/mol. The van der Waals surface area contributed by atoms with Gasteiger partial charge in [0.15, 0.2) is 0 Å². The summed E-state index contributed by atoms with van der Waals surface area (Å²) >= 11 is 11.6. The lowest BCUT2D eigenvalue weighted by Crippen LogP contribution is -1.93. The molecule has 0 saturated carbocycles. The van der Waals surface area contributed by atoms with Gasteiger partial charge in [0.05, 0.1) is 5.03 Å². The normalized spacial score (nSPS) is 15.2. The fourth-order valence-electron chi connectivity index (χ4n) is 2.57. The number of hydrogen-bond donors (Lipinski definition) is 1. The highest BCUT2D eigenvalue weighted by atomic mass is 35.5. The molecule has 20 heavy (non-hydrogen) atoms. The van der Waals surface area contributed by atoms with E-state index in [1.54, 1.807) is 0 Å². The molecule has 3 nitrogen and oxygen atoms in total. The summed E-state index contributed by atoms with van der Waals surface area (Å²) in [5.41, 5.74) is 5.86. The summed E-state index contributed by atoms with van der Waals surface area (Å²) in [6, 6.07) is 4.38. The van der Waals surface area contributed by atoms with E-state index in [1.165, 1.54) is 16.7 Å². The molecule has 0 unspecified atom stereocenters. The Morgan fingerprint density at radius 1 is 1.25 bits per heavy atom. The Balaban J connectivity index is 2.20. The number of nitrogens with zero attached hydrogens (tertiary/aromatic N) is 1. The van der Waals surface area contributed by atoms with Crippen LogP contribution in [0.25, 0.3) is 10.6 Å². The van der Waals surface area contributed by atoms with Gasteiger partial charge in [-0.25, -0.2) is 5.10 Å². The Hall–Kier alpha value is -1.39. The minimum atomic E-state index is 0.279. The summed E-state index contributed by atoms with van der Waals surface area (Å²) in [6.07, 6.45) is 2.88. The molecule has 104 valence electrons. The number of rotatable bonds is 1. The molecule has 3 rings (SSSR count). The lowest BCUT2D eigenvalue weighted by atomic mass is 9.98. The van der Waals surface area contributed by atoms with Crippen LogP contribution in [0.4, 0.5) is 0 Å². The smallest absolute Gasteiger partial charge is 0.284 e. The summed E-state index contributed by atoms with van der Waals surface area (Å²) < 4.78 is 5.42. The summed E-state index contributed by atoms with van der Waals surface area (Å²) in [5, 5.41) is 7.49. The van der Waals surface area contributed by atoms with E-state index >= 15 is 0 Å². The maximum Gasteiger partial charge on any atom is 0.284 e. The summed E-state index contributed by atoms with van der Waals surface area (Å²) in [4.78, 5) is 0.279. The quantitative estimate of drug-likeness (QED) is 0.770. The summed E-state index contributed by atoms with van der Waals surface area (Å²) in [5.74, 6) is 0.506. The molecule has 0 aliphatic heterocycles. The molecular formula is C15H15ClN2OS. The zero-order valence-corrected chi connectivity index (χ0v) is 13.0. The van der Waals surface area contributed by atoms with Gasteiger partial charge in [0.25, 0.3) is 4.84 Å². The molecule has 1 heterocycles.